The normalized spacial score (nSPS) is 10.9. The van der Waals surface area contributed by atoms with E-state index in [4.69, 9.17) is 11.6 Å². The van der Waals surface area contributed by atoms with Crippen LogP contribution in [0.15, 0.2) is 24.3 Å². The molecule has 0 N–H and O–H groups in total. The van der Waals surface area contributed by atoms with E-state index in [0.717, 1.165) is 18.1 Å². The molecule has 1 rings (SSSR count). The van der Waals surface area contributed by atoms with E-state index in [1.54, 1.807) is 0 Å². The van der Waals surface area contributed by atoms with Crippen molar-refractivity contribution in [3.63, 3.8) is 0 Å². The number of rotatable bonds is 5. The van der Waals surface area contributed by atoms with Gasteiger partial charge in [-0.15, -0.1) is 0 Å². The number of nitrogens with zero attached hydrogens (tertiary/aromatic N) is 1. The molecule has 3 heteroatoms. The standard InChI is InChI=1S/C11H16ClNS/c1-13(6-7-14-2)9-10-4-3-5-11(12)8-10/h3-5,8H,6-7,9H2,1-2H3. The van der Waals surface area contributed by atoms with Crippen LogP contribution in [0.3, 0.4) is 0 Å². The summed E-state index contributed by atoms with van der Waals surface area (Å²) in [6.07, 6.45) is 2.13. The van der Waals surface area contributed by atoms with Gasteiger partial charge in [-0.2, -0.15) is 11.8 Å². The number of benzene rings is 1. The van der Waals surface area contributed by atoms with Crippen LogP contribution in [0.25, 0.3) is 0 Å². The summed E-state index contributed by atoms with van der Waals surface area (Å²) < 4.78 is 0. The lowest BCUT2D eigenvalue weighted by Crippen LogP contribution is -2.20. The van der Waals surface area contributed by atoms with Crippen LogP contribution in [-0.4, -0.2) is 30.5 Å². The fraction of sp³-hybridized carbons (Fsp3) is 0.455. The van der Waals surface area contributed by atoms with Gasteiger partial charge in [-0.25, -0.2) is 0 Å². The summed E-state index contributed by atoms with van der Waals surface area (Å²) in [6, 6.07) is 8.05. The van der Waals surface area contributed by atoms with E-state index in [9.17, 15) is 0 Å². The van der Waals surface area contributed by atoms with Crippen molar-refractivity contribution in [2.24, 2.45) is 0 Å². The third-order valence-electron chi connectivity index (χ3n) is 2.02. The van der Waals surface area contributed by atoms with Crippen LogP contribution in [0.4, 0.5) is 0 Å². The molecule has 14 heavy (non-hydrogen) atoms. The highest BCUT2D eigenvalue weighted by molar-refractivity contribution is 7.98. The average Bonchev–Trinajstić information content (AvgIpc) is 2.15. The first-order chi connectivity index (χ1) is 6.72. The first-order valence-corrected chi connectivity index (χ1v) is 6.41. The Morgan fingerprint density at radius 1 is 1.43 bits per heavy atom. The summed E-state index contributed by atoms with van der Waals surface area (Å²) in [5.74, 6) is 1.18. The van der Waals surface area contributed by atoms with Crippen molar-refractivity contribution < 1.29 is 0 Å². The predicted molar refractivity (Wildman–Crippen MR) is 66.2 cm³/mol. The van der Waals surface area contributed by atoms with Crippen molar-refractivity contribution in [1.82, 2.24) is 4.90 Å². The minimum atomic E-state index is 0.820. The molecule has 0 saturated heterocycles. The lowest BCUT2D eigenvalue weighted by Gasteiger charge is -2.15. The topological polar surface area (TPSA) is 3.24 Å². The van der Waals surface area contributed by atoms with Gasteiger partial charge in [0.1, 0.15) is 0 Å². The third kappa shape index (κ3) is 4.36. The predicted octanol–water partition coefficient (Wildman–Crippen LogP) is 3.13. The van der Waals surface area contributed by atoms with Gasteiger partial charge in [0.2, 0.25) is 0 Å². The summed E-state index contributed by atoms with van der Waals surface area (Å²) in [6.45, 7) is 2.09. The second-order valence-corrected chi connectivity index (χ2v) is 4.78. The highest BCUT2D eigenvalue weighted by atomic mass is 35.5. The van der Waals surface area contributed by atoms with E-state index in [1.165, 1.54) is 11.3 Å². The maximum atomic E-state index is 5.91. The smallest absolute Gasteiger partial charge is 0.0409 e. The Labute approximate surface area is 95.4 Å². The molecular formula is C11H16ClNS. The lowest BCUT2D eigenvalue weighted by molar-refractivity contribution is 0.349. The molecule has 0 saturated carbocycles. The Bertz CT molecular complexity index is 278. The van der Waals surface area contributed by atoms with Gasteiger partial charge >= 0.3 is 0 Å². The summed E-state index contributed by atoms with van der Waals surface area (Å²) in [7, 11) is 2.14. The number of halogens is 1. The summed E-state index contributed by atoms with van der Waals surface area (Å²) in [5, 5.41) is 0.820. The zero-order valence-corrected chi connectivity index (χ0v) is 10.2. The molecule has 78 valence electrons. The molecule has 0 bridgehead atoms. The molecule has 0 heterocycles. The molecule has 0 amide bonds. The zero-order valence-electron chi connectivity index (χ0n) is 8.66. The molecule has 0 radical (unpaired) electrons. The minimum absolute atomic E-state index is 0.820. The maximum absolute atomic E-state index is 5.91. The number of hydrogen-bond donors (Lipinski definition) is 0. The van der Waals surface area contributed by atoms with Gasteiger partial charge < -0.3 is 4.90 Å². The fourth-order valence-electron chi connectivity index (χ4n) is 1.27. The Balaban J connectivity index is 2.43. The average molecular weight is 230 g/mol. The summed E-state index contributed by atoms with van der Waals surface area (Å²) in [4.78, 5) is 2.31. The van der Waals surface area contributed by atoms with Gasteiger partial charge in [-0.1, -0.05) is 23.7 Å². The van der Waals surface area contributed by atoms with E-state index >= 15 is 0 Å². The van der Waals surface area contributed by atoms with Gasteiger partial charge in [-0.05, 0) is 31.0 Å². The minimum Gasteiger partial charge on any atom is -0.301 e. The van der Waals surface area contributed by atoms with Crippen LogP contribution in [0.2, 0.25) is 5.02 Å². The van der Waals surface area contributed by atoms with Crippen molar-refractivity contribution >= 4 is 23.4 Å². The van der Waals surface area contributed by atoms with Crippen LogP contribution >= 0.6 is 23.4 Å². The van der Waals surface area contributed by atoms with Gasteiger partial charge in [0.25, 0.3) is 0 Å². The van der Waals surface area contributed by atoms with E-state index in [-0.39, 0.29) is 0 Å². The second kappa shape index (κ2) is 6.33. The Morgan fingerprint density at radius 2 is 2.21 bits per heavy atom. The molecular weight excluding hydrogens is 214 g/mol. The quantitative estimate of drug-likeness (QED) is 0.763. The summed E-state index contributed by atoms with van der Waals surface area (Å²) in [5.41, 5.74) is 1.28. The van der Waals surface area contributed by atoms with Crippen molar-refractivity contribution in [3.8, 4) is 0 Å². The van der Waals surface area contributed by atoms with Crippen LogP contribution in [-0.2, 0) is 6.54 Å². The van der Waals surface area contributed by atoms with Gasteiger partial charge in [0.15, 0.2) is 0 Å². The second-order valence-electron chi connectivity index (χ2n) is 3.36. The first kappa shape index (κ1) is 11.9. The van der Waals surface area contributed by atoms with Crippen molar-refractivity contribution in [3.05, 3.63) is 34.9 Å². The molecule has 0 unspecified atom stereocenters. The van der Waals surface area contributed by atoms with E-state index in [2.05, 4.69) is 24.3 Å². The molecule has 0 aliphatic carbocycles. The number of thioether (sulfide) groups is 1. The molecule has 1 nitrogen and oxygen atoms in total. The molecule has 0 aliphatic heterocycles. The zero-order chi connectivity index (χ0) is 10.4. The largest absolute Gasteiger partial charge is 0.301 e. The molecule has 0 spiro atoms. The third-order valence-corrected chi connectivity index (χ3v) is 2.84. The van der Waals surface area contributed by atoms with Crippen molar-refractivity contribution in [1.29, 1.82) is 0 Å². The first-order valence-electron chi connectivity index (χ1n) is 4.64. The molecule has 0 atom stereocenters. The molecule has 1 aromatic carbocycles. The highest BCUT2D eigenvalue weighted by Crippen LogP contribution is 2.12. The fourth-order valence-corrected chi connectivity index (χ4v) is 1.98. The Morgan fingerprint density at radius 3 is 2.86 bits per heavy atom. The SMILES string of the molecule is CSCCN(C)Cc1cccc(Cl)c1. The van der Waals surface area contributed by atoms with Crippen molar-refractivity contribution in [2.75, 3.05) is 25.6 Å². The van der Waals surface area contributed by atoms with E-state index in [0.29, 0.717) is 0 Å². The summed E-state index contributed by atoms with van der Waals surface area (Å²) >= 11 is 7.79. The molecule has 1 aromatic rings. The van der Waals surface area contributed by atoms with E-state index in [1.807, 2.05) is 30.0 Å². The molecule has 0 aliphatic rings. The monoisotopic (exact) mass is 229 g/mol. The molecule has 0 aromatic heterocycles. The van der Waals surface area contributed by atoms with Gasteiger partial charge in [0, 0.05) is 23.9 Å². The van der Waals surface area contributed by atoms with Crippen molar-refractivity contribution in [2.45, 2.75) is 6.54 Å². The van der Waals surface area contributed by atoms with Gasteiger partial charge in [-0.3, -0.25) is 0 Å². The maximum Gasteiger partial charge on any atom is 0.0409 e. The van der Waals surface area contributed by atoms with Crippen LogP contribution in [0.1, 0.15) is 5.56 Å². The van der Waals surface area contributed by atoms with Crippen LogP contribution < -0.4 is 0 Å². The van der Waals surface area contributed by atoms with E-state index < -0.39 is 0 Å². The number of hydrogen-bond acceptors (Lipinski definition) is 2. The van der Waals surface area contributed by atoms with Gasteiger partial charge in [0.05, 0.1) is 0 Å². The lowest BCUT2D eigenvalue weighted by atomic mass is 10.2. The highest BCUT2D eigenvalue weighted by Gasteiger charge is 1.99. The Hall–Kier alpha value is -0.180. The molecule has 0 fully saturated rings. The van der Waals surface area contributed by atoms with Crippen LogP contribution in [0.5, 0.6) is 0 Å². The van der Waals surface area contributed by atoms with Crippen LogP contribution in [0, 0.1) is 0 Å². The Kier molecular flexibility index (Phi) is 5.38.